The maximum atomic E-state index is 11.4. The van der Waals surface area contributed by atoms with Crippen molar-refractivity contribution < 1.29 is 9.90 Å². The zero-order valence-corrected chi connectivity index (χ0v) is 11.4. The molecule has 1 heterocycles. The van der Waals surface area contributed by atoms with Crippen LogP contribution in [-0.2, 0) is 11.2 Å². The lowest BCUT2D eigenvalue weighted by Crippen LogP contribution is -2.40. The average molecular weight is 256 g/mol. The van der Waals surface area contributed by atoms with Gasteiger partial charge in [-0.1, -0.05) is 13.3 Å². The van der Waals surface area contributed by atoms with Crippen LogP contribution < -0.4 is 5.73 Å². The molecule has 4 nitrogen and oxygen atoms in total. The second-order valence-electron chi connectivity index (χ2n) is 4.47. The fraction of sp³-hybridized carbons (Fsp3) is 0.667. The summed E-state index contributed by atoms with van der Waals surface area (Å²) in [5, 5.41) is 10.3. The number of thiazole rings is 1. The third-order valence-corrected chi connectivity index (χ3v) is 4.21. The van der Waals surface area contributed by atoms with Gasteiger partial charge in [0.2, 0.25) is 0 Å². The third kappa shape index (κ3) is 3.04. The van der Waals surface area contributed by atoms with Gasteiger partial charge in [-0.2, -0.15) is 0 Å². The molecule has 0 aliphatic carbocycles. The van der Waals surface area contributed by atoms with Gasteiger partial charge >= 0.3 is 5.97 Å². The van der Waals surface area contributed by atoms with Gasteiger partial charge in [-0.05, 0) is 20.3 Å². The minimum atomic E-state index is -0.856. The van der Waals surface area contributed by atoms with Crippen molar-refractivity contribution in [1.29, 1.82) is 0 Å². The predicted octanol–water partition coefficient (Wildman–Crippen LogP) is 2.13. The van der Waals surface area contributed by atoms with Crippen LogP contribution in [0.3, 0.4) is 0 Å². The molecule has 1 unspecified atom stereocenters. The van der Waals surface area contributed by atoms with Gasteiger partial charge in [0.15, 0.2) is 0 Å². The number of rotatable bonds is 6. The summed E-state index contributed by atoms with van der Waals surface area (Å²) in [6.07, 6.45) is 1.84. The van der Waals surface area contributed by atoms with Crippen molar-refractivity contribution in [3.8, 4) is 0 Å². The Hall–Kier alpha value is -0.940. The fourth-order valence-electron chi connectivity index (χ4n) is 1.92. The van der Waals surface area contributed by atoms with E-state index in [9.17, 15) is 9.90 Å². The van der Waals surface area contributed by atoms with Gasteiger partial charge in [-0.3, -0.25) is 4.79 Å². The van der Waals surface area contributed by atoms with E-state index >= 15 is 0 Å². The van der Waals surface area contributed by atoms with Crippen molar-refractivity contribution in [3.63, 3.8) is 0 Å². The maximum Gasteiger partial charge on any atom is 0.311 e. The normalized spacial score (nSPS) is 14.6. The highest BCUT2D eigenvalue weighted by atomic mass is 32.1. The van der Waals surface area contributed by atoms with Crippen molar-refractivity contribution in [2.24, 2.45) is 11.1 Å². The molecule has 17 heavy (non-hydrogen) atoms. The van der Waals surface area contributed by atoms with Gasteiger partial charge in [0, 0.05) is 17.8 Å². The van der Waals surface area contributed by atoms with Crippen LogP contribution in [0.25, 0.3) is 0 Å². The van der Waals surface area contributed by atoms with Crippen LogP contribution in [0.1, 0.15) is 35.3 Å². The van der Waals surface area contributed by atoms with E-state index in [0.29, 0.717) is 12.8 Å². The quantitative estimate of drug-likeness (QED) is 0.817. The molecule has 0 spiro atoms. The van der Waals surface area contributed by atoms with E-state index in [0.717, 1.165) is 22.0 Å². The smallest absolute Gasteiger partial charge is 0.311 e. The van der Waals surface area contributed by atoms with Gasteiger partial charge in [0.1, 0.15) is 0 Å². The molecule has 1 rings (SSSR count). The number of carboxylic acid groups (broad SMARTS) is 1. The number of carboxylic acids is 1. The standard InChI is InChI=1S/C12H20N2O2S/c1-4-5-12(7-13,11(15)16)6-10-14-8(2)9(3)17-10/h4-7,13H2,1-3H3,(H,15,16). The lowest BCUT2D eigenvalue weighted by Gasteiger charge is -2.26. The number of hydrogen-bond acceptors (Lipinski definition) is 4. The molecule has 0 amide bonds. The largest absolute Gasteiger partial charge is 0.481 e. The van der Waals surface area contributed by atoms with E-state index in [1.165, 1.54) is 0 Å². The first-order chi connectivity index (χ1) is 7.95. The topological polar surface area (TPSA) is 76.2 Å². The van der Waals surface area contributed by atoms with Gasteiger partial charge in [0.05, 0.1) is 16.1 Å². The van der Waals surface area contributed by atoms with E-state index in [4.69, 9.17) is 5.73 Å². The molecule has 1 aromatic heterocycles. The van der Waals surface area contributed by atoms with Gasteiger partial charge in [-0.25, -0.2) is 4.98 Å². The molecule has 0 aliphatic rings. The van der Waals surface area contributed by atoms with Crippen molar-refractivity contribution in [1.82, 2.24) is 4.98 Å². The lowest BCUT2D eigenvalue weighted by molar-refractivity contribution is -0.148. The van der Waals surface area contributed by atoms with Gasteiger partial charge in [0.25, 0.3) is 0 Å². The summed E-state index contributed by atoms with van der Waals surface area (Å²) in [6, 6.07) is 0. The van der Waals surface area contributed by atoms with Crippen LogP contribution in [0.2, 0.25) is 0 Å². The van der Waals surface area contributed by atoms with Crippen LogP contribution in [-0.4, -0.2) is 22.6 Å². The third-order valence-electron chi connectivity index (χ3n) is 3.14. The van der Waals surface area contributed by atoms with Crippen LogP contribution in [0.5, 0.6) is 0 Å². The summed E-state index contributed by atoms with van der Waals surface area (Å²) < 4.78 is 0. The minimum absolute atomic E-state index is 0.161. The summed E-state index contributed by atoms with van der Waals surface area (Å²) in [7, 11) is 0. The maximum absolute atomic E-state index is 11.4. The Kier molecular flexibility index (Phi) is 4.65. The molecule has 3 N–H and O–H groups in total. The van der Waals surface area contributed by atoms with E-state index in [-0.39, 0.29) is 6.54 Å². The first-order valence-electron chi connectivity index (χ1n) is 5.81. The Labute approximate surface area is 106 Å². The Morgan fingerprint density at radius 1 is 1.53 bits per heavy atom. The monoisotopic (exact) mass is 256 g/mol. The summed E-state index contributed by atoms with van der Waals surface area (Å²) in [6.45, 7) is 6.08. The number of nitrogens with zero attached hydrogens (tertiary/aromatic N) is 1. The molecular weight excluding hydrogens is 236 g/mol. The molecule has 0 aliphatic heterocycles. The van der Waals surface area contributed by atoms with Crippen LogP contribution >= 0.6 is 11.3 Å². The average Bonchev–Trinajstić information content (AvgIpc) is 2.57. The number of carbonyl (C=O) groups is 1. The number of hydrogen-bond donors (Lipinski definition) is 2. The molecule has 1 aromatic rings. The minimum Gasteiger partial charge on any atom is -0.481 e. The van der Waals surface area contributed by atoms with E-state index in [1.54, 1.807) is 11.3 Å². The molecule has 5 heteroatoms. The second-order valence-corrected chi connectivity index (χ2v) is 5.75. The number of aliphatic carboxylic acids is 1. The van der Waals surface area contributed by atoms with E-state index < -0.39 is 11.4 Å². The number of aryl methyl sites for hydroxylation is 2. The summed E-state index contributed by atoms with van der Waals surface area (Å²) in [4.78, 5) is 17.0. The molecular formula is C12H20N2O2S. The predicted molar refractivity (Wildman–Crippen MR) is 69.3 cm³/mol. The molecule has 0 fully saturated rings. The second kappa shape index (κ2) is 5.60. The SMILES string of the molecule is CCCC(CN)(Cc1nc(C)c(C)s1)C(=O)O. The molecule has 96 valence electrons. The molecule has 0 bridgehead atoms. The van der Waals surface area contributed by atoms with E-state index in [2.05, 4.69) is 4.98 Å². The zero-order valence-electron chi connectivity index (χ0n) is 10.6. The molecule has 0 aromatic carbocycles. The Morgan fingerprint density at radius 2 is 2.18 bits per heavy atom. The highest BCUT2D eigenvalue weighted by molar-refractivity contribution is 7.11. The highest BCUT2D eigenvalue weighted by Crippen LogP contribution is 2.30. The Morgan fingerprint density at radius 3 is 2.53 bits per heavy atom. The van der Waals surface area contributed by atoms with Crippen molar-refractivity contribution in [2.75, 3.05) is 6.54 Å². The molecule has 1 atom stereocenters. The fourth-order valence-corrected chi connectivity index (χ4v) is 2.99. The summed E-state index contributed by atoms with van der Waals surface area (Å²) in [5.74, 6) is -0.813. The first kappa shape index (κ1) is 14.1. The highest BCUT2D eigenvalue weighted by Gasteiger charge is 2.37. The molecule has 0 radical (unpaired) electrons. The molecule has 0 saturated carbocycles. The van der Waals surface area contributed by atoms with Crippen LogP contribution in [0, 0.1) is 19.3 Å². The summed E-state index contributed by atoms with van der Waals surface area (Å²) >= 11 is 1.57. The lowest BCUT2D eigenvalue weighted by atomic mass is 9.80. The van der Waals surface area contributed by atoms with Crippen LogP contribution in [0.15, 0.2) is 0 Å². The van der Waals surface area contributed by atoms with Crippen molar-refractivity contribution in [2.45, 2.75) is 40.0 Å². The number of nitrogens with two attached hydrogens (primary N) is 1. The summed E-state index contributed by atoms with van der Waals surface area (Å²) in [5.41, 5.74) is 5.81. The zero-order chi connectivity index (χ0) is 13.1. The van der Waals surface area contributed by atoms with E-state index in [1.807, 2.05) is 20.8 Å². The van der Waals surface area contributed by atoms with Crippen LogP contribution in [0.4, 0.5) is 0 Å². The first-order valence-corrected chi connectivity index (χ1v) is 6.63. The molecule has 0 saturated heterocycles. The van der Waals surface area contributed by atoms with Crippen molar-refractivity contribution >= 4 is 17.3 Å². The van der Waals surface area contributed by atoms with Crippen molar-refractivity contribution in [3.05, 3.63) is 15.6 Å². The number of aromatic nitrogens is 1. The van der Waals surface area contributed by atoms with Gasteiger partial charge < -0.3 is 10.8 Å². The van der Waals surface area contributed by atoms with Gasteiger partial charge in [-0.15, -0.1) is 11.3 Å². The Bertz CT molecular complexity index is 384. The Balaban J connectivity index is 2.96.